The molecule has 0 saturated heterocycles. The molecule has 5 nitrogen and oxygen atoms in total. The maximum atomic E-state index is 12.5. The smallest absolute Gasteiger partial charge is 0.322 e. The maximum Gasteiger partial charge on any atom is 0.322 e. The number of carboxylic acids is 1. The second-order valence-electron chi connectivity index (χ2n) is 5.91. The average Bonchev–Trinajstić information content (AvgIpc) is 2.80. The maximum absolute atomic E-state index is 12.5. The Hall–Kier alpha value is -1.56. The fourth-order valence-corrected chi connectivity index (χ4v) is 4.00. The molecule has 3 rings (SSSR count). The Morgan fingerprint density at radius 1 is 1.32 bits per heavy atom. The van der Waals surface area contributed by atoms with Gasteiger partial charge in [0.15, 0.2) is 0 Å². The number of nitrogens with one attached hydrogen (secondary N) is 1. The largest absolute Gasteiger partial charge is 0.481 e. The van der Waals surface area contributed by atoms with Gasteiger partial charge in [0.2, 0.25) is 0 Å². The van der Waals surface area contributed by atoms with Crippen LogP contribution in [0.15, 0.2) is 22.7 Å². The summed E-state index contributed by atoms with van der Waals surface area (Å²) in [5.41, 5.74) is 2.19. The normalized spacial score (nSPS) is 22.9. The lowest BCUT2D eigenvalue weighted by Gasteiger charge is -2.32. The summed E-state index contributed by atoms with van der Waals surface area (Å²) in [5.74, 6) is -0.506. The minimum Gasteiger partial charge on any atom is -0.481 e. The van der Waals surface area contributed by atoms with Gasteiger partial charge in [0.25, 0.3) is 0 Å². The van der Waals surface area contributed by atoms with E-state index in [1.165, 1.54) is 12.0 Å². The Balaban J connectivity index is 1.83. The van der Waals surface area contributed by atoms with Crippen LogP contribution in [0, 0.1) is 0 Å². The highest BCUT2D eigenvalue weighted by Gasteiger charge is 2.42. The second-order valence-corrected chi connectivity index (χ2v) is 6.82. The Kier molecular flexibility index (Phi) is 4.38. The molecule has 2 aliphatic rings. The van der Waals surface area contributed by atoms with Crippen molar-refractivity contribution in [3.8, 4) is 0 Å². The topological polar surface area (TPSA) is 69.6 Å². The van der Waals surface area contributed by atoms with Gasteiger partial charge >= 0.3 is 12.0 Å². The number of halogens is 1. The van der Waals surface area contributed by atoms with Crippen LogP contribution in [0.1, 0.15) is 43.6 Å². The molecule has 1 aromatic carbocycles. The number of benzene rings is 1. The van der Waals surface area contributed by atoms with Crippen LogP contribution in [-0.2, 0) is 4.79 Å². The van der Waals surface area contributed by atoms with Crippen LogP contribution < -0.4 is 10.2 Å². The number of aliphatic carboxylic acids is 1. The molecule has 0 bridgehead atoms. The fourth-order valence-electron chi connectivity index (χ4n) is 3.63. The van der Waals surface area contributed by atoms with Gasteiger partial charge in [-0.15, -0.1) is 0 Å². The minimum atomic E-state index is -0.901. The van der Waals surface area contributed by atoms with Gasteiger partial charge in [-0.1, -0.05) is 28.8 Å². The van der Waals surface area contributed by atoms with Crippen LogP contribution in [0.2, 0.25) is 0 Å². The molecule has 1 aliphatic heterocycles. The zero-order valence-corrected chi connectivity index (χ0v) is 13.8. The van der Waals surface area contributed by atoms with E-state index in [-0.39, 0.29) is 25.0 Å². The number of hydrogen-bond donors (Lipinski definition) is 2. The van der Waals surface area contributed by atoms with Crippen LogP contribution in [0.5, 0.6) is 0 Å². The summed E-state index contributed by atoms with van der Waals surface area (Å²) < 4.78 is 1.03. The number of carbonyl (C=O) groups excluding carboxylic acids is 1. The van der Waals surface area contributed by atoms with Crippen LogP contribution >= 0.6 is 15.9 Å². The SMILES string of the molecule is O=C(O)CCNC(=O)N1c2ccc(Br)cc2[C@@H]2CCCC[C@@H]21. The molecule has 0 aromatic heterocycles. The van der Waals surface area contributed by atoms with Crippen molar-refractivity contribution in [3.05, 3.63) is 28.2 Å². The Morgan fingerprint density at radius 2 is 2.09 bits per heavy atom. The number of carbonyl (C=O) groups is 2. The van der Waals surface area contributed by atoms with Crippen molar-refractivity contribution in [3.63, 3.8) is 0 Å². The summed E-state index contributed by atoms with van der Waals surface area (Å²) in [6, 6.07) is 6.06. The van der Waals surface area contributed by atoms with Crippen LogP contribution in [0.3, 0.4) is 0 Å². The molecule has 1 heterocycles. The van der Waals surface area contributed by atoms with E-state index in [1.807, 2.05) is 17.0 Å². The number of rotatable bonds is 3. The highest BCUT2D eigenvalue weighted by molar-refractivity contribution is 9.10. The summed E-state index contributed by atoms with van der Waals surface area (Å²) in [4.78, 5) is 25.0. The summed E-state index contributed by atoms with van der Waals surface area (Å²) in [7, 11) is 0. The van der Waals surface area contributed by atoms with Gasteiger partial charge in [-0.25, -0.2) is 4.79 Å². The van der Waals surface area contributed by atoms with Crippen molar-refractivity contribution in [2.24, 2.45) is 0 Å². The summed E-state index contributed by atoms with van der Waals surface area (Å²) >= 11 is 3.51. The van der Waals surface area contributed by atoms with E-state index < -0.39 is 5.97 Å². The number of nitrogens with zero attached hydrogens (tertiary/aromatic N) is 1. The van der Waals surface area contributed by atoms with Crippen molar-refractivity contribution < 1.29 is 14.7 Å². The molecule has 1 fully saturated rings. The molecular formula is C16H19BrN2O3. The lowest BCUT2D eigenvalue weighted by molar-refractivity contribution is -0.136. The summed E-state index contributed by atoms with van der Waals surface area (Å²) in [6.07, 6.45) is 4.38. The lowest BCUT2D eigenvalue weighted by atomic mass is 9.82. The number of fused-ring (bicyclic) bond motifs is 3. The lowest BCUT2D eigenvalue weighted by Crippen LogP contribution is -2.46. The monoisotopic (exact) mass is 366 g/mol. The Bertz CT molecular complexity index is 605. The molecule has 1 aromatic rings. The van der Waals surface area contributed by atoms with Gasteiger partial charge in [-0.05, 0) is 36.6 Å². The van der Waals surface area contributed by atoms with E-state index in [2.05, 4.69) is 27.3 Å². The molecule has 1 saturated carbocycles. The van der Waals surface area contributed by atoms with Crippen LogP contribution in [-0.4, -0.2) is 29.7 Å². The summed E-state index contributed by atoms with van der Waals surface area (Å²) in [5, 5.41) is 11.4. The van der Waals surface area contributed by atoms with Gasteiger partial charge < -0.3 is 10.4 Å². The van der Waals surface area contributed by atoms with E-state index in [0.717, 1.165) is 29.4 Å². The third-order valence-corrected chi connectivity index (χ3v) is 5.04. The van der Waals surface area contributed by atoms with Gasteiger partial charge in [-0.3, -0.25) is 9.69 Å². The molecule has 118 valence electrons. The van der Waals surface area contributed by atoms with Crippen LogP contribution in [0.25, 0.3) is 0 Å². The molecule has 1 aliphatic carbocycles. The molecular weight excluding hydrogens is 348 g/mol. The van der Waals surface area contributed by atoms with Crippen LogP contribution in [0.4, 0.5) is 10.5 Å². The van der Waals surface area contributed by atoms with E-state index in [9.17, 15) is 9.59 Å². The van der Waals surface area contributed by atoms with E-state index in [1.54, 1.807) is 0 Å². The van der Waals surface area contributed by atoms with Gasteiger partial charge in [0.05, 0.1) is 6.42 Å². The third-order valence-electron chi connectivity index (χ3n) is 4.54. The minimum absolute atomic E-state index is 0.0547. The van der Waals surface area contributed by atoms with E-state index in [0.29, 0.717) is 5.92 Å². The first-order chi connectivity index (χ1) is 10.6. The second kappa shape index (κ2) is 6.28. The predicted molar refractivity (Wildman–Crippen MR) is 87.3 cm³/mol. The fraction of sp³-hybridized carbons (Fsp3) is 0.500. The Labute approximate surface area is 137 Å². The van der Waals surface area contributed by atoms with Gasteiger partial charge in [0.1, 0.15) is 0 Å². The number of hydrogen-bond acceptors (Lipinski definition) is 2. The number of carboxylic acid groups (broad SMARTS) is 1. The molecule has 0 spiro atoms. The zero-order valence-electron chi connectivity index (χ0n) is 12.2. The molecule has 0 radical (unpaired) electrons. The first-order valence-corrected chi connectivity index (χ1v) is 8.45. The van der Waals surface area contributed by atoms with Gasteiger partial charge in [0, 0.05) is 28.7 Å². The van der Waals surface area contributed by atoms with Crippen molar-refractivity contribution in [1.29, 1.82) is 0 Å². The van der Waals surface area contributed by atoms with E-state index in [4.69, 9.17) is 5.11 Å². The zero-order chi connectivity index (χ0) is 15.7. The summed E-state index contributed by atoms with van der Waals surface area (Å²) in [6.45, 7) is 0.161. The highest BCUT2D eigenvalue weighted by Crippen LogP contribution is 2.48. The average molecular weight is 367 g/mol. The molecule has 2 N–H and O–H groups in total. The third kappa shape index (κ3) is 2.84. The molecule has 22 heavy (non-hydrogen) atoms. The molecule has 0 unspecified atom stereocenters. The van der Waals surface area contributed by atoms with Gasteiger partial charge in [-0.2, -0.15) is 0 Å². The number of urea groups is 1. The predicted octanol–water partition coefficient (Wildman–Crippen LogP) is 3.48. The first kappa shape index (κ1) is 15.3. The van der Waals surface area contributed by atoms with Crippen molar-refractivity contribution in [1.82, 2.24) is 5.32 Å². The van der Waals surface area contributed by atoms with Crippen molar-refractivity contribution >= 4 is 33.6 Å². The van der Waals surface area contributed by atoms with Crippen molar-refractivity contribution in [2.75, 3.05) is 11.4 Å². The number of anilines is 1. The quantitative estimate of drug-likeness (QED) is 0.860. The molecule has 2 atom stereocenters. The highest BCUT2D eigenvalue weighted by atomic mass is 79.9. The number of amides is 2. The molecule has 6 heteroatoms. The first-order valence-electron chi connectivity index (χ1n) is 7.66. The van der Waals surface area contributed by atoms with Crippen molar-refractivity contribution in [2.45, 2.75) is 44.1 Å². The molecule has 2 amide bonds. The Morgan fingerprint density at radius 3 is 2.86 bits per heavy atom. The van der Waals surface area contributed by atoms with E-state index >= 15 is 0 Å². The standard InChI is InChI=1S/C16H19BrN2O3/c17-10-5-6-14-12(9-10)11-3-1-2-4-13(11)19(14)16(22)18-8-7-15(20)21/h5-6,9,11,13H,1-4,7-8H2,(H,18,22)(H,20,21)/t11-,13-/m0/s1.